The van der Waals surface area contributed by atoms with Crippen LogP contribution in [0.25, 0.3) is 11.0 Å². The van der Waals surface area contributed by atoms with Gasteiger partial charge in [0.05, 0.1) is 24.2 Å². The zero-order valence-corrected chi connectivity index (χ0v) is 15.5. The molecule has 28 heavy (non-hydrogen) atoms. The lowest BCUT2D eigenvalue weighted by molar-refractivity contribution is 0.0364. The Kier molecular flexibility index (Phi) is 5.45. The van der Waals surface area contributed by atoms with Crippen LogP contribution in [0.5, 0.6) is 0 Å². The molecule has 3 aromatic rings. The van der Waals surface area contributed by atoms with E-state index in [1.54, 1.807) is 28.8 Å². The summed E-state index contributed by atoms with van der Waals surface area (Å²) < 4.78 is 7.08. The van der Waals surface area contributed by atoms with Crippen molar-refractivity contribution >= 4 is 22.8 Å². The Balaban J connectivity index is 1.64. The van der Waals surface area contributed by atoms with Gasteiger partial charge in [0, 0.05) is 31.7 Å². The van der Waals surface area contributed by atoms with E-state index in [9.17, 15) is 9.59 Å². The molecule has 2 heterocycles. The smallest absolute Gasteiger partial charge is 0.294 e. The third-order valence-electron chi connectivity index (χ3n) is 4.86. The van der Waals surface area contributed by atoms with Crippen LogP contribution < -0.4 is 10.9 Å². The fourth-order valence-electron chi connectivity index (χ4n) is 3.33. The van der Waals surface area contributed by atoms with Crippen molar-refractivity contribution < 1.29 is 9.53 Å². The van der Waals surface area contributed by atoms with Crippen LogP contribution in [-0.2, 0) is 11.3 Å². The second-order valence-corrected chi connectivity index (χ2v) is 6.68. The van der Waals surface area contributed by atoms with E-state index in [0.29, 0.717) is 30.8 Å². The van der Waals surface area contributed by atoms with Crippen molar-refractivity contribution in [1.29, 1.82) is 0 Å². The summed E-state index contributed by atoms with van der Waals surface area (Å²) in [6.45, 7) is 4.40. The number of carbonyl (C=O) groups is 1. The van der Waals surface area contributed by atoms with E-state index >= 15 is 0 Å². The minimum absolute atomic E-state index is 0.0505. The van der Waals surface area contributed by atoms with E-state index in [2.05, 4.69) is 15.2 Å². The number of para-hydroxylation sites is 2. The van der Waals surface area contributed by atoms with E-state index in [-0.39, 0.29) is 17.3 Å². The maximum absolute atomic E-state index is 13.1. The molecule has 1 amide bonds. The largest absolute Gasteiger partial charge is 0.379 e. The van der Waals surface area contributed by atoms with Gasteiger partial charge >= 0.3 is 0 Å². The summed E-state index contributed by atoms with van der Waals surface area (Å²) in [5.74, 6) is -0.297. The molecule has 0 unspecified atom stereocenters. The molecule has 0 atom stereocenters. The number of rotatable bonds is 5. The second-order valence-electron chi connectivity index (χ2n) is 6.68. The topological polar surface area (TPSA) is 76.5 Å². The van der Waals surface area contributed by atoms with Gasteiger partial charge < -0.3 is 14.6 Å². The Morgan fingerprint density at radius 2 is 1.71 bits per heavy atom. The van der Waals surface area contributed by atoms with Crippen LogP contribution in [0, 0.1) is 0 Å². The molecule has 0 aliphatic carbocycles. The molecular weight excluding hydrogens is 356 g/mol. The number of hydrogen-bond acceptors (Lipinski definition) is 5. The van der Waals surface area contributed by atoms with Gasteiger partial charge in [-0.15, -0.1) is 0 Å². The number of nitrogens with zero attached hydrogens (tertiary/aromatic N) is 3. The number of morpholine rings is 1. The van der Waals surface area contributed by atoms with E-state index in [1.165, 1.54) is 0 Å². The number of aromatic nitrogens is 2. The first kappa shape index (κ1) is 18.3. The van der Waals surface area contributed by atoms with E-state index in [4.69, 9.17) is 4.74 Å². The summed E-state index contributed by atoms with van der Waals surface area (Å²) in [6, 6.07) is 16.3. The summed E-state index contributed by atoms with van der Waals surface area (Å²) in [6.07, 6.45) is 0. The maximum Gasteiger partial charge on any atom is 0.294 e. The number of fused-ring (bicyclic) bond motifs is 1. The zero-order valence-electron chi connectivity index (χ0n) is 15.5. The van der Waals surface area contributed by atoms with Gasteiger partial charge in [-0.3, -0.25) is 14.5 Å². The Labute approximate surface area is 162 Å². The highest BCUT2D eigenvalue weighted by molar-refractivity contribution is 6.03. The highest BCUT2D eigenvalue weighted by Crippen LogP contribution is 2.13. The van der Waals surface area contributed by atoms with Crippen LogP contribution in [0.3, 0.4) is 0 Å². The maximum atomic E-state index is 13.1. The zero-order chi connectivity index (χ0) is 19.3. The molecule has 1 aromatic heterocycles. The molecule has 0 radical (unpaired) electrons. The van der Waals surface area contributed by atoms with Crippen molar-refractivity contribution in [3.63, 3.8) is 0 Å². The van der Waals surface area contributed by atoms with Gasteiger partial charge in [-0.1, -0.05) is 30.3 Å². The summed E-state index contributed by atoms with van der Waals surface area (Å²) in [4.78, 5) is 32.2. The predicted molar refractivity (Wildman–Crippen MR) is 108 cm³/mol. The average Bonchev–Trinajstić information content (AvgIpc) is 2.75. The second kappa shape index (κ2) is 8.33. The summed E-state index contributed by atoms with van der Waals surface area (Å²) in [5.41, 5.74) is 1.62. The summed E-state index contributed by atoms with van der Waals surface area (Å²) in [5, 5.41) is 2.68. The highest BCUT2D eigenvalue weighted by Gasteiger charge is 2.16. The molecule has 7 nitrogen and oxygen atoms in total. The lowest BCUT2D eigenvalue weighted by Gasteiger charge is -2.27. The van der Waals surface area contributed by atoms with Gasteiger partial charge in [0.2, 0.25) is 0 Å². The molecule has 144 valence electrons. The third kappa shape index (κ3) is 3.95. The van der Waals surface area contributed by atoms with Crippen LogP contribution in [0.4, 0.5) is 5.82 Å². The van der Waals surface area contributed by atoms with E-state index in [1.807, 2.05) is 30.3 Å². The SMILES string of the molecule is O=C(Nc1nc2ccccc2n(CCN2CCOCC2)c1=O)c1ccccc1. The van der Waals surface area contributed by atoms with Crippen LogP contribution >= 0.6 is 0 Å². The van der Waals surface area contributed by atoms with Gasteiger partial charge in [-0.2, -0.15) is 0 Å². The molecule has 2 aromatic carbocycles. The van der Waals surface area contributed by atoms with Crippen molar-refractivity contribution in [2.24, 2.45) is 0 Å². The first-order valence-corrected chi connectivity index (χ1v) is 9.38. The molecule has 7 heteroatoms. The molecule has 0 spiro atoms. The van der Waals surface area contributed by atoms with Crippen LogP contribution in [0.2, 0.25) is 0 Å². The lowest BCUT2D eigenvalue weighted by Crippen LogP contribution is -2.39. The first-order chi connectivity index (χ1) is 13.7. The number of amides is 1. The summed E-state index contributed by atoms with van der Waals surface area (Å²) in [7, 11) is 0. The van der Waals surface area contributed by atoms with Gasteiger partial charge in [0.25, 0.3) is 11.5 Å². The lowest BCUT2D eigenvalue weighted by atomic mass is 10.2. The average molecular weight is 378 g/mol. The Morgan fingerprint density at radius 1 is 1.00 bits per heavy atom. The normalized spacial score (nSPS) is 14.9. The molecule has 1 aliphatic heterocycles. The molecule has 0 bridgehead atoms. The Morgan fingerprint density at radius 3 is 2.50 bits per heavy atom. The van der Waals surface area contributed by atoms with Crippen LogP contribution in [-0.4, -0.2) is 53.2 Å². The predicted octanol–water partition coefficient (Wildman–Crippen LogP) is 1.98. The van der Waals surface area contributed by atoms with E-state index in [0.717, 1.165) is 25.2 Å². The number of carbonyl (C=O) groups excluding carboxylic acids is 1. The molecule has 4 rings (SSSR count). The van der Waals surface area contributed by atoms with Crippen LogP contribution in [0.1, 0.15) is 10.4 Å². The number of hydrogen-bond donors (Lipinski definition) is 1. The molecule has 0 saturated carbocycles. The summed E-state index contributed by atoms with van der Waals surface area (Å²) >= 11 is 0. The number of nitrogens with one attached hydrogen (secondary N) is 1. The molecule has 1 N–H and O–H groups in total. The molecule has 1 fully saturated rings. The quantitative estimate of drug-likeness (QED) is 0.735. The number of ether oxygens (including phenoxy) is 1. The first-order valence-electron chi connectivity index (χ1n) is 9.38. The standard InChI is InChI=1S/C21H22N4O3/c26-20(16-6-2-1-3-7-16)23-19-21(27)25(11-10-24-12-14-28-15-13-24)18-9-5-4-8-17(18)22-19/h1-9H,10-15H2,(H,22,23,26). The van der Waals surface area contributed by atoms with Gasteiger partial charge in [0.15, 0.2) is 5.82 Å². The van der Waals surface area contributed by atoms with Crippen molar-refractivity contribution in [3.05, 3.63) is 70.5 Å². The monoisotopic (exact) mass is 378 g/mol. The fourth-order valence-corrected chi connectivity index (χ4v) is 3.33. The number of benzene rings is 2. The third-order valence-corrected chi connectivity index (χ3v) is 4.86. The van der Waals surface area contributed by atoms with E-state index < -0.39 is 0 Å². The fraction of sp³-hybridized carbons (Fsp3) is 0.286. The minimum atomic E-state index is -0.347. The van der Waals surface area contributed by atoms with Gasteiger partial charge in [0.1, 0.15) is 0 Å². The van der Waals surface area contributed by atoms with Crippen molar-refractivity contribution in [3.8, 4) is 0 Å². The Hall–Kier alpha value is -3.03. The molecular formula is C21H22N4O3. The highest BCUT2D eigenvalue weighted by atomic mass is 16.5. The Bertz CT molecular complexity index is 1030. The van der Waals surface area contributed by atoms with Crippen molar-refractivity contribution in [2.45, 2.75) is 6.54 Å². The van der Waals surface area contributed by atoms with Gasteiger partial charge in [-0.05, 0) is 24.3 Å². The van der Waals surface area contributed by atoms with Crippen molar-refractivity contribution in [2.75, 3.05) is 38.2 Å². The molecule has 1 aliphatic rings. The molecule has 1 saturated heterocycles. The van der Waals surface area contributed by atoms with Crippen LogP contribution in [0.15, 0.2) is 59.4 Å². The number of anilines is 1. The van der Waals surface area contributed by atoms with Crippen molar-refractivity contribution in [1.82, 2.24) is 14.5 Å². The van der Waals surface area contributed by atoms with Gasteiger partial charge in [-0.25, -0.2) is 4.98 Å². The minimum Gasteiger partial charge on any atom is -0.379 e.